The molecule has 0 unspecified atom stereocenters. The number of primary amides is 1. The molecule has 26 heteroatoms. The summed E-state index contributed by atoms with van der Waals surface area (Å²) in [5.41, 5.74) is 11.7. The minimum absolute atomic E-state index is 0.0405. The number of nitrogens with one attached hydrogen (secondary N) is 8. The number of aliphatic hydroxyl groups excluding tert-OH is 2. The molecule has 3 aromatic carbocycles. The van der Waals surface area contributed by atoms with E-state index in [1.165, 1.54) is 50.2 Å². The first-order chi connectivity index (χ1) is 36.5. The third kappa shape index (κ3) is 18.9. The van der Waals surface area contributed by atoms with Crippen LogP contribution in [0.25, 0.3) is 6.08 Å². The maximum Gasteiger partial charge on any atom is 0.281 e. The Kier molecular flexibility index (Phi) is 24.2. The van der Waals surface area contributed by atoms with Gasteiger partial charge in [0.2, 0.25) is 51.2 Å². The number of hydrogen-bond donors (Lipinski definition) is 11. The molecule has 0 radical (unpaired) electrons. The fourth-order valence-electron chi connectivity index (χ4n) is 7.92. The van der Waals surface area contributed by atoms with E-state index in [4.69, 9.17) is 5.73 Å². The lowest BCUT2D eigenvalue weighted by atomic mass is 9.93. The van der Waals surface area contributed by atoms with Gasteiger partial charge in [-0.05, 0) is 87.3 Å². The number of nitro groups is 1. The molecule has 0 bridgehead atoms. The summed E-state index contributed by atoms with van der Waals surface area (Å²) < 4.78 is 28.6. The van der Waals surface area contributed by atoms with Crippen LogP contribution in [0.15, 0.2) is 76.5 Å². The zero-order chi connectivity index (χ0) is 58.8. The Labute approximate surface area is 451 Å². The van der Waals surface area contributed by atoms with Crippen molar-refractivity contribution in [3.63, 3.8) is 0 Å². The van der Waals surface area contributed by atoms with E-state index >= 15 is 0 Å². The number of rotatable bonds is 27. The smallest absolute Gasteiger partial charge is 0.281 e. The molecule has 424 valence electrons. The highest BCUT2D eigenvalue weighted by molar-refractivity contribution is 7.96. The van der Waals surface area contributed by atoms with E-state index in [1.807, 2.05) is 0 Å². The highest BCUT2D eigenvalue weighted by atomic mass is 32.2. The van der Waals surface area contributed by atoms with Crippen molar-refractivity contribution < 1.29 is 66.7 Å². The first kappa shape index (κ1) is 64.2. The lowest BCUT2D eigenvalue weighted by molar-refractivity contribution is -0.385. The summed E-state index contributed by atoms with van der Waals surface area (Å²) in [6.45, 7) is 12.6. The number of benzene rings is 3. The van der Waals surface area contributed by atoms with Gasteiger partial charge in [-0.3, -0.25) is 64.1 Å². The SMILES string of the molecule is CC(=O)N[C@H](C(=O)N[C@@H](CO)C(=O)N[C@@H](C)C(=O)N[C@H](C(=O)N[C@@H](CC(C)C)C(=O)N[C@@H](CCC(N)=O)C(=O)NNC(=O)/C(=C\c1c(C)cc(C)cc1Cc1ccccc1[N+](=O)[O-])S(=O)(=O)c1ccccc1)C(C)C)[C@@H](C)O. The van der Waals surface area contributed by atoms with Crippen molar-refractivity contribution in [1.29, 1.82) is 0 Å². The second kappa shape index (κ2) is 29.4. The minimum atomic E-state index is -4.69. The maximum absolute atomic E-state index is 14.3. The van der Waals surface area contributed by atoms with Gasteiger partial charge in [0.15, 0.2) is 0 Å². The van der Waals surface area contributed by atoms with Gasteiger partial charge >= 0.3 is 0 Å². The molecule has 0 aliphatic heterocycles. The van der Waals surface area contributed by atoms with E-state index in [0.717, 1.165) is 18.6 Å². The van der Waals surface area contributed by atoms with Crippen LogP contribution in [0.2, 0.25) is 0 Å². The van der Waals surface area contributed by atoms with Crippen LogP contribution in [0.1, 0.15) is 95.5 Å². The lowest BCUT2D eigenvalue weighted by Crippen LogP contribution is -2.61. The summed E-state index contributed by atoms with van der Waals surface area (Å²) >= 11 is 0. The molecule has 0 saturated heterocycles. The Hall–Kier alpha value is -8.10. The summed E-state index contributed by atoms with van der Waals surface area (Å²) in [5, 5.41) is 46.0. The second-order valence-electron chi connectivity index (χ2n) is 19.4. The number of aliphatic hydroxyl groups is 2. The zero-order valence-electron chi connectivity index (χ0n) is 44.8. The van der Waals surface area contributed by atoms with E-state index in [1.54, 1.807) is 71.9 Å². The number of para-hydroxylation sites is 1. The van der Waals surface area contributed by atoms with Crippen molar-refractivity contribution >= 4 is 74.8 Å². The zero-order valence-corrected chi connectivity index (χ0v) is 45.6. The van der Waals surface area contributed by atoms with Gasteiger partial charge in [0.25, 0.3) is 17.5 Å². The van der Waals surface area contributed by atoms with Crippen molar-refractivity contribution in [2.24, 2.45) is 17.6 Å². The Bertz CT molecular complexity index is 2860. The van der Waals surface area contributed by atoms with E-state index in [0.29, 0.717) is 16.7 Å². The fourth-order valence-corrected chi connectivity index (χ4v) is 9.26. The number of hydrogen-bond acceptors (Lipinski definition) is 15. The topological polar surface area (TPSA) is 394 Å². The van der Waals surface area contributed by atoms with Crippen LogP contribution in [0.4, 0.5) is 5.69 Å². The predicted molar refractivity (Wildman–Crippen MR) is 284 cm³/mol. The van der Waals surface area contributed by atoms with Crippen molar-refractivity contribution in [3.05, 3.63) is 110 Å². The predicted octanol–water partition coefficient (Wildman–Crippen LogP) is 0.0539. The fraction of sp³-hybridized carbons (Fsp3) is 0.442. The van der Waals surface area contributed by atoms with Crippen LogP contribution >= 0.6 is 0 Å². The first-order valence-electron chi connectivity index (χ1n) is 24.8. The number of nitro benzene ring substituents is 1. The van der Waals surface area contributed by atoms with Gasteiger partial charge in [-0.25, -0.2) is 8.42 Å². The molecule has 0 saturated carbocycles. The molecular formula is C52H70N10O15S. The first-order valence-corrected chi connectivity index (χ1v) is 26.3. The summed E-state index contributed by atoms with van der Waals surface area (Å²) in [4.78, 5) is 129. The van der Waals surface area contributed by atoms with Crippen molar-refractivity contribution in [3.8, 4) is 0 Å². The van der Waals surface area contributed by atoms with Gasteiger partial charge in [0.1, 0.15) is 41.2 Å². The largest absolute Gasteiger partial charge is 0.394 e. The summed E-state index contributed by atoms with van der Waals surface area (Å²) in [6, 6.07) is 7.41. The second-order valence-corrected chi connectivity index (χ2v) is 21.3. The van der Waals surface area contributed by atoms with Crippen LogP contribution < -0.4 is 48.5 Å². The van der Waals surface area contributed by atoms with Crippen molar-refractivity contribution in [2.45, 2.75) is 135 Å². The van der Waals surface area contributed by atoms with E-state index in [-0.39, 0.29) is 34.9 Å². The van der Waals surface area contributed by atoms with Crippen LogP contribution in [-0.2, 0) is 59.4 Å². The van der Waals surface area contributed by atoms with E-state index in [9.17, 15) is 71.9 Å². The molecule has 0 fully saturated rings. The maximum atomic E-state index is 14.3. The Balaban J connectivity index is 1.90. The van der Waals surface area contributed by atoms with E-state index < -0.39 is 141 Å². The standard InChI is InChI=1S/C52H70N10O15S/c1-27(2)21-39(57-51(72)44(28(3)4)59-46(67)31(7)54-48(69)40(26-63)58-52(73)45(32(8)64)55-33(9)65)47(68)56-38(19-20-43(53)66)49(70)60-61-50(71)42(78(76,77)36-16-11-10-12-17-36)25-37-30(6)22-29(5)23-35(37)24-34-15-13-14-18-41(34)62(74)75/h10-18,22-23,25,27-28,31-32,38-40,44-45,63-64H,19-21,24,26H2,1-9H3,(H2,53,66)(H,54,69)(H,55,65)(H,56,68)(H,57,72)(H,58,73)(H,59,67)(H,60,70)(H,61,71)/b42-25+/t31-,32+,38-,39-,40-,44-,45-/m0/s1. The number of carbonyl (C=O) groups excluding carboxylic acids is 9. The minimum Gasteiger partial charge on any atom is -0.394 e. The highest BCUT2D eigenvalue weighted by Gasteiger charge is 2.35. The summed E-state index contributed by atoms with van der Waals surface area (Å²) in [7, 11) is -4.69. The van der Waals surface area contributed by atoms with Crippen LogP contribution in [0.5, 0.6) is 0 Å². The molecule has 78 heavy (non-hydrogen) atoms. The average molecular weight is 1110 g/mol. The lowest BCUT2D eigenvalue weighted by Gasteiger charge is -2.28. The molecule has 12 N–H and O–H groups in total. The van der Waals surface area contributed by atoms with Crippen molar-refractivity contribution in [1.82, 2.24) is 42.8 Å². The van der Waals surface area contributed by atoms with Crippen molar-refractivity contribution in [2.75, 3.05) is 6.61 Å². The van der Waals surface area contributed by atoms with Crippen LogP contribution in [-0.4, -0.2) is 126 Å². The number of hydrazine groups is 1. The molecule has 0 spiro atoms. The monoisotopic (exact) mass is 1110 g/mol. The van der Waals surface area contributed by atoms with Gasteiger partial charge < -0.3 is 47.8 Å². The quantitative estimate of drug-likeness (QED) is 0.0273. The third-order valence-electron chi connectivity index (χ3n) is 11.9. The Morgan fingerprint density at radius 2 is 1.27 bits per heavy atom. The molecule has 0 heterocycles. The Morgan fingerprint density at radius 3 is 1.83 bits per heavy atom. The van der Waals surface area contributed by atoms with Gasteiger partial charge in [-0.2, -0.15) is 0 Å². The molecule has 25 nitrogen and oxygen atoms in total. The molecule has 0 aromatic heterocycles. The number of carbonyl (C=O) groups is 9. The molecule has 3 rings (SSSR count). The number of sulfone groups is 1. The van der Waals surface area contributed by atoms with Gasteiger partial charge in [0, 0.05) is 31.4 Å². The molecule has 3 aromatic rings. The molecular weight excluding hydrogens is 1040 g/mol. The van der Waals surface area contributed by atoms with Crippen LogP contribution in [0, 0.1) is 35.8 Å². The van der Waals surface area contributed by atoms with Gasteiger partial charge in [-0.15, -0.1) is 0 Å². The average Bonchev–Trinajstić information content (AvgIpc) is 3.38. The van der Waals surface area contributed by atoms with Crippen LogP contribution in [0.3, 0.4) is 0 Å². The normalized spacial score (nSPS) is 14.2. The third-order valence-corrected chi connectivity index (χ3v) is 13.7. The summed E-state index contributed by atoms with van der Waals surface area (Å²) in [6.07, 6.45) is -1.29. The number of aryl methyl sites for hydroxylation is 2. The molecule has 9 amide bonds. The summed E-state index contributed by atoms with van der Waals surface area (Å²) in [5.74, 6) is -9.74. The number of nitrogens with two attached hydrogens (primary N) is 1. The number of nitrogens with zero attached hydrogens (tertiary/aromatic N) is 1. The molecule has 0 aliphatic carbocycles. The highest BCUT2D eigenvalue weighted by Crippen LogP contribution is 2.29. The van der Waals surface area contributed by atoms with Gasteiger partial charge in [0.05, 0.1) is 22.5 Å². The molecule has 0 aliphatic rings. The van der Waals surface area contributed by atoms with E-state index in [2.05, 4.69) is 42.8 Å². The number of amides is 9. The molecule has 7 atom stereocenters. The van der Waals surface area contributed by atoms with Gasteiger partial charge in [-0.1, -0.05) is 81.8 Å². The Morgan fingerprint density at radius 1 is 0.692 bits per heavy atom.